The number of hydrogen-bond acceptors (Lipinski definition) is 2. The maximum absolute atomic E-state index is 6.42. The molecule has 0 fully saturated rings. The van der Waals surface area contributed by atoms with E-state index in [0.717, 1.165) is 0 Å². The van der Waals surface area contributed by atoms with E-state index in [-0.39, 0.29) is 11.1 Å². The van der Waals surface area contributed by atoms with Crippen LogP contribution in [0.4, 0.5) is 0 Å². The Hall–Kier alpha value is 0.427. The molecule has 2 N–H and O–H groups in total. The summed E-state index contributed by atoms with van der Waals surface area (Å²) in [5, 5.41) is 0. The van der Waals surface area contributed by atoms with Crippen molar-refractivity contribution in [3.05, 3.63) is 0 Å². The first-order valence-corrected chi connectivity index (χ1v) is 8.20. The lowest BCUT2D eigenvalue weighted by Crippen LogP contribution is -2.66. The van der Waals surface area contributed by atoms with Gasteiger partial charge in [-0.15, -0.1) is 11.1 Å². The van der Waals surface area contributed by atoms with Crippen molar-refractivity contribution in [2.24, 2.45) is 0 Å². The zero-order valence-electron chi connectivity index (χ0n) is 9.88. The first-order valence-electron chi connectivity index (χ1n) is 4.69. The molecule has 0 aromatic heterocycles. The Labute approximate surface area is 88.3 Å². The van der Waals surface area contributed by atoms with Gasteiger partial charge in [-0.05, 0) is 48.1 Å². The molecule has 0 saturated carbocycles. The zero-order valence-corrected chi connectivity index (χ0v) is 11.6. The smallest absolute Gasteiger partial charge is 0.300 e. The molecule has 0 aliphatic heterocycles. The van der Waals surface area contributed by atoms with Gasteiger partial charge in [-0.25, -0.2) is 0 Å². The fraction of sp³-hybridized carbons (Fsp3) is 1.00. The van der Waals surface area contributed by atoms with Crippen LogP contribution in [0.1, 0.15) is 41.5 Å². The Morgan fingerprint density at radius 1 is 0.846 bits per heavy atom. The molecule has 0 heterocycles. The third-order valence-corrected chi connectivity index (χ3v) is 4.23. The summed E-state index contributed by atoms with van der Waals surface area (Å²) in [7, 11) is -2.00. The highest BCUT2D eigenvalue weighted by Crippen LogP contribution is 2.12. The van der Waals surface area contributed by atoms with Crippen molar-refractivity contribution < 1.29 is 0 Å². The van der Waals surface area contributed by atoms with Crippen LogP contribution in [0.25, 0.3) is 0 Å². The summed E-state index contributed by atoms with van der Waals surface area (Å²) in [6, 6.07) is 0. The molecule has 0 radical (unpaired) electrons. The Morgan fingerprint density at radius 2 is 1.08 bits per heavy atom. The first kappa shape index (κ1) is 13.4. The number of halogens is 1. The van der Waals surface area contributed by atoms with Gasteiger partial charge in [0.2, 0.25) is 0 Å². The Balaban J connectivity index is 4.25. The van der Waals surface area contributed by atoms with Crippen molar-refractivity contribution in [2.45, 2.75) is 59.2 Å². The largest absolute Gasteiger partial charge is 0.309 e. The predicted octanol–water partition coefficient (Wildman–Crippen LogP) is 2.57. The summed E-state index contributed by atoms with van der Waals surface area (Å²) in [6.07, 6.45) is 0. The van der Waals surface area contributed by atoms with Gasteiger partial charge in [0, 0.05) is 11.1 Å². The molecule has 2 nitrogen and oxygen atoms in total. The average Bonchev–Trinajstić information content (AvgIpc) is 1.43. The van der Waals surface area contributed by atoms with Crippen molar-refractivity contribution >= 4 is 18.8 Å². The summed E-state index contributed by atoms with van der Waals surface area (Å²) in [5.41, 5.74) is 0.141. The molecular formula is C9H23ClN2Si. The van der Waals surface area contributed by atoms with E-state index < -0.39 is 7.71 Å². The Bertz CT molecular complexity index is 149. The molecule has 0 atom stereocenters. The highest BCUT2D eigenvalue weighted by molar-refractivity contribution is 7.16. The van der Waals surface area contributed by atoms with E-state index in [4.69, 9.17) is 11.1 Å². The van der Waals surface area contributed by atoms with E-state index in [1.54, 1.807) is 0 Å². The second kappa shape index (κ2) is 3.89. The molecule has 0 aliphatic rings. The molecule has 0 aromatic rings. The first-order chi connectivity index (χ1) is 5.41. The van der Waals surface area contributed by atoms with Gasteiger partial charge in [0.15, 0.2) is 0 Å². The molecule has 0 amide bonds. The topological polar surface area (TPSA) is 24.1 Å². The minimum Gasteiger partial charge on any atom is -0.309 e. The van der Waals surface area contributed by atoms with E-state index in [0.29, 0.717) is 0 Å². The number of rotatable bonds is 2. The van der Waals surface area contributed by atoms with Crippen LogP contribution in [0.3, 0.4) is 0 Å². The summed E-state index contributed by atoms with van der Waals surface area (Å²) >= 11 is 6.42. The van der Waals surface area contributed by atoms with Gasteiger partial charge in [0.05, 0.1) is 0 Å². The van der Waals surface area contributed by atoms with Crippen LogP contribution in [-0.4, -0.2) is 18.8 Å². The van der Waals surface area contributed by atoms with Crippen molar-refractivity contribution in [2.75, 3.05) is 0 Å². The van der Waals surface area contributed by atoms with E-state index in [1.807, 2.05) is 0 Å². The number of nitrogens with one attached hydrogen (secondary N) is 2. The maximum Gasteiger partial charge on any atom is 0.300 e. The van der Waals surface area contributed by atoms with Gasteiger partial charge in [-0.1, -0.05) is 0 Å². The normalized spacial score (nSPS) is 14.8. The Morgan fingerprint density at radius 3 is 1.23 bits per heavy atom. The molecule has 4 heteroatoms. The fourth-order valence-corrected chi connectivity index (χ4v) is 6.02. The van der Waals surface area contributed by atoms with Gasteiger partial charge in [0.1, 0.15) is 0 Å². The van der Waals surface area contributed by atoms with Gasteiger partial charge in [-0.3, -0.25) is 0 Å². The lowest BCUT2D eigenvalue weighted by molar-refractivity contribution is 0.472. The second-order valence-corrected chi connectivity index (χ2v) is 10.5. The van der Waals surface area contributed by atoms with E-state index >= 15 is 0 Å². The van der Waals surface area contributed by atoms with Crippen molar-refractivity contribution in [3.8, 4) is 0 Å². The second-order valence-electron chi connectivity index (χ2n) is 5.75. The standard InChI is InChI=1S/C9H23ClN2Si/c1-8(2,3)11-13(7,10)12-9(4,5)6/h11-12H,1-7H3. The molecule has 13 heavy (non-hydrogen) atoms. The molecule has 0 saturated heterocycles. The fourth-order valence-electron chi connectivity index (χ4n) is 1.44. The van der Waals surface area contributed by atoms with Crippen LogP contribution in [0.15, 0.2) is 0 Å². The summed E-state index contributed by atoms with van der Waals surface area (Å²) in [6.45, 7) is 14.9. The summed E-state index contributed by atoms with van der Waals surface area (Å²) in [4.78, 5) is 6.89. The molecular weight excluding hydrogens is 200 g/mol. The van der Waals surface area contributed by atoms with Crippen LogP contribution in [0.2, 0.25) is 6.55 Å². The third kappa shape index (κ3) is 8.75. The van der Waals surface area contributed by atoms with Crippen LogP contribution >= 0.6 is 11.1 Å². The molecule has 0 aliphatic carbocycles. The zero-order chi connectivity index (χ0) is 10.9. The van der Waals surface area contributed by atoms with Crippen LogP contribution in [0, 0.1) is 0 Å². The van der Waals surface area contributed by atoms with Crippen LogP contribution < -0.4 is 9.96 Å². The van der Waals surface area contributed by atoms with Gasteiger partial charge < -0.3 is 9.96 Å². The minimum atomic E-state index is -2.00. The maximum atomic E-state index is 6.42. The van der Waals surface area contributed by atoms with Crippen molar-refractivity contribution in [1.82, 2.24) is 9.96 Å². The summed E-state index contributed by atoms with van der Waals surface area (Å²) in [5.74, 6) is 0. The van der Waals surface area contributed by atoms with Gasteiger partial charge in [0.25, 0.3) is 7.71 Å². The lowest BCUT2D eigenvalue weighted by atomic mass is 10.1. The molecule has 0 aromatic carbocycles. The van der Waals surface area contributed by atoms with Crippen LogP contribution in [0.5, 0.6) is 0 Å². The van der Waals surface area contributed by atoms with E-state index in [9.17, 15) is 0 Å². The predicted molar refractivity (Wildman–Crippen MR) is 63.2 cm³/mol. The highest BCUT2D eigenvalue weighted by atomic mass is 35.6. The lowest BCUT2D eigenvalue weighted by Gasteiger charge is -2.36. The van der Waals surface area contributed by atoms with E-state index in [1.165, 1.54) is 0 Å². The van der Waals surface area contributed by atoms with Crippen molar-refractivity contribution in [1.29, 1.82) is 0 Å². The minimum absolute atomic E-state index is 0.0704. The highest BCUT2D eigenvalue weighted by Gasteiger charge is 2.33. The van der Waals surface area contributed by atoms with Gasteiger partial charge in [-0.2, -0.15) is 0 Å². The van der Waals surface area contributed by atoms with Crippen LogP contribution in [-0.2, 0) is 0 Å². The van der Waals surface area contributed by atoms with Gasteiger partial charge >= 0.3 is 0 Å². The van der Waals surface area contributed by atoms with E-state index in [2.05, 4.69) is 58.1 Å². The SMILES string of the molecule is CC(C)(C)N[Si](C)(Cl)NC(C)(C)C. The monoisotopic (exact) mass is 222 g/mol. The Kier molecular flexibility index (Phi) is 4.02. The molecule has 80 valence electrons. The molecule has 0 bridgehead atoms. The quantitative estimate of drug-likeness (QED) is 0.555. The number of hydrogen-bond donors (Lipinski definition) is 2. The van der Waals surface area contributed by atoms with Crippen molar-refractivity contribution in [3.63, 3.8) is 0 Å². The average molecular weight is 223 g/mol. The molecule has 0 spiro atoms. The summed E-state index contributed by atoms with van der Waals surface area (Å²) < 4.78 is 0. The third-order valence-electron chi connectivity index (χ3n) is 1.22. The molecule has 0 unspecified atom stereocenters. The molecule has 0 rings (SSSR count).